The molecule has 33 heavy (non-hydrogen) atoms. The zero-order valence-electron chi connectivity index (χ0n) is 18.5. The van der Waals surface area contributed by atoms with Gasteiger partial charge in [-0.1, -0.05) is 18.9 Å². The number of rotatable bonds is 6. The molecule has 0 spiro atoms. The quantitative estimate of drug-likeness (QED) is 0.401. The molecule has 4 aromatic rings. The van der Waals surface area contributed by atoms with Gasteiger partial charge in [0.1, 0.15) is 5.75 Å². The van der Waals surface area contributed by atoms with E-state index in [1.807, 2.05) is 42.5 Å². The Morgan fingerprint density at radius 2 is 1.88 bits per heavy atom. The van der Waals surface area contributed by atoms with Crippen LogP contribution in [-0.4, -0.2) is 28.2 Å². The molecule has 2 aromatic heterocycles. The molecule has 0 bridgehead atoms. The second-order valence-corrected chi connectivity index (χ2v) is 8.57. The first-order chi connectivity index (χ1) is 16.1. The first-order valence-corrected chi connectivity index (χ1v) is 11.2. The van der Waals surface area contributed by atoms with Crippen molar-refractivity contribution in [3.05, 3.63) is 76.1 Å². The van der Waals surface area contributed by atoms with Crippen LogP contribution in [0.15, 0.2) is 59.4 Å². The van der Waals surface area contributed by atoms with Crippen molar-refractivity contribution in [2.45, 2.75) is 38.0 Å². The number of aromatic amines is 2. The third-order valence-electron chi connectivity index (χ3n) is 6.32. The van der Waals surface area contributed by atoms with Crippen LogP contribution >= 0.6 is 0 Å². The Hall–Kier alpha value is -3.87. The Morgan fingerprint density at radius 1 is 1.09 bits per heavy atom. The zero-order chi connectivity index (χ0) is 22.8. The summed E-state index contributed by atoms with van der Waals surface area (Å²) in [5, 5.41) is 10.7. The van der Waals surface area contributed by atoms with Crippen LogP contribution in [0.25, 0.3) is 22.2 Å². The molecule has 2 aromatic carbocycles. The van der Waals surface area contributed by atoms with Gasteiger partial charge in [0.15, 0.2) is 11.2 Å². The van der Waals surface area contributed by atoms with E-state index in [2.05, 4.69) is 20.5 Å². The normalized spacial score (nSPS) is 14.0. The van der Waals surface area contributed by atoms with E-state index in [0.29, 0.717) is 17.1 Å². The van der Waals surface area contributed by atoms with Gasteiger partial charge in [0, 0.05) is 40.3 Å². The van der Waals surface area contributed by atoms with Gasteiger partial charge in [-0.15, -0.1) is 0 Å². The van der Waals surface area contributed by atoms with Crippen molar-refractivity contribution in [1.29, 1.82) is 0 Å². The summed E-state index contributed by atoms with van der Waals surface area (Å²) in [6.45, 7) is 0. The molecule has 0 aliphatic heterocycles. The molecule has 1 aliphatic rings. The zero-order valence-corrected chi connectivity index (χ0v) is 18.5. The van der Waals surface area contributed by atoms with Gasteiger partial charge in [-0.25, -0.2) is 0 Å². The van der Waals surface area contributed by atoms with Crippen molar-refractivity contribution in [1.82, 2.24) is 15.2 Å². The predicted octanol–water partition coefficient (Wildman–Crippen LogP) is 4.77. The molecule has 3 N–H and O–H groups in total. The number of benzene rings is 2. The van der Waals surface area contributed by atoms with Crippen LogP contribution in [-0.2, 0) is 11.2 Å². The van der Waals surface area contributed by atoms with E-state index in [1.165, 1.54) is 25.7 Å². The summed E-state index contributed by atoms with van der Waals surface area (Å²) in [5.41, 5.74) is 4.13. The Labute approximate surface area is 191 Å². The van der Waals surface area contributed by atoms with Gasteiger partial charge in [0.2, 0.25) is 5.91 Å². The van der Waals surface area contributed by atoms with Crippen LogP contribution in [0.3, 0.4) is 0 Å². The minimum atomic E-state index is -0.162. The molecule has 7 heteroatoms. The van der Waals surface area contributed by atoms with E-state index in [1.54, 1.807) is 19.2 Å². The molecule has 1 fully saturated rings. The standard InChI is InChI=1S/C26H26N4O3/c1-33-19-9-7-18(8-10-19)22-14-24(31)20-12-16(6-11-21(20)27-22)13-26(32)28-25-15-23(29-30-25)17-4-2-3-5-17/h6-12,14-15,17H,2-5,13H2,1H3,(H,27,31)(H2,28,29,30,32). The number of hydrogen-bond donors (Lipinski definition) is 3. The number of ether oxygens (including phenoxy) is 1. The molecular formula is C26H26N4O3. The Balaban J connectivity index is 1.31. The van der Waals surface area contributed by atoms with E-state index in [0.717, 1.165) is 33.8 Å². The van der Waals surface area contributed by atoms with Gasteiger partial charge in [-0.05, 0) is 60.4 Å². The molecule has 2 heterocycles. The maximum atomic E-state index is 12.8. The van der Waals surface area contributed by atoms with Crippen LogP contribution < -0.4 is 15.5 Å². The Kier molecular flexibility index (Phi) is 5.69. The lowest BCUT2D eigenvalue weighted by molar-refractivity contribution is -0.115. The number of fused-ring (bicyclic) bond motifs is 1. The largest absolute Gasteiger partial charge is 0.497 e. The molecule has 0 unspecified atom stereocenters. The molecule has 0 saturated heterocycles. The van der Waals surface area contributed by atoms with E-state index >= 15 is 0 Å². The average Bonchev–Trinajstić information content (AvgIpc) is 3.51. The number of amides is 1. The highest BCUT2D eigenvalue weighted by Crippen LogP contribution is 2.33. The van der Waals surface area contributed by atoms with Crippen molar-refractivity contribution in [2.24, 2.45) is 0 Å². The minimum Gasteiger partial charge on any atom is -0.497 e. The number of nitrogens with one attached hydrogen (secondary N) is 3. The molecule has 168 valence electrons. The number of anilines is 1. The summed E-state index contributed by atoms with van der Waals surface area (Å²) in [4.78, 5) is 28.7. The number of pyridine rings is 1. The van der Waals surface area contributed by atoms with E-state index < -0.39 is 0 Å². The van der Waals surface area contributed by atoms with Crippen LogP contribution in [0.5, 0.6) is 5.75 Å². The van der Waals surface area contributed by atoms with Crippen molar-refractivity contribution >= 4 is 22.6 Å². The maximum Gasteiger partial charge on any atom is 0.229 e. The Bertz CT molecular complexity index is 1350. The number of methoxy groups -OCH3 is 1. The first kappa shape index (κ1) is 21.0. The fourth-order valence-corrected chi connectivity index (χ4v) is 4.55. The number of carbonyl (C=O) groups is 1. The number of carbonyl (C=O) groups excluding carboxylic acids is 1. The topological polar surface area (TPSA) is 99.9 Å². The second-order valence-electron chi connectivity index (χ2n) is 8.57. The fraction of sp³-hybridized carbons (Fsp3) is 0.269. The summed E-state index contributed by atoms with van der Waals surface area (Å²) in [5.74, 6) is 1.65. The second kappa shape index (κ2) is 8.94. The smallest absolute Gasteiger partial charge is 0.229 e. The van der Waals surface area contributed by atoms with Crippen molar-refractivity contribution in [2.75, 3.05) is 12.4 Å². The SMILES string of the molecule is COc1ccc(-c2cc(=O)c3cc(CC(=O)Nc4cc(C5CCCC5)[nH]n4)ccc3[nH]2)cc1. The van der Waals surface area contributed by atoms with E-state index in [-0.39, 0.29) is 17.8 Å². The molecule has 1 saturated carbocycles. The molecule has 0 atom stereocenters. The molecule has 1 aliphatic carbocycles. The predicted molar refractivity (Wildman–Crippen MR) is 129 cm³/mol. The number of nitrogens with zero attached hydrogens (tertiary/aromatic N) is 1. The molecule has 7 nitrogen and oxygen atoms in total. The van der Waals surface area contributed by atoms with Gasteiger partial charge in [-0.2, -0.15) is 5.10 Å². The number of aromatic nitrogens is 3. The highest BCUT2D eigenvalue weighted by atomic mass is 16.5. The van der Waals surface area contributed by atoms with Crippen LogP contribution in [0.1, 0.15) is 42.9 Å². The third-order valence-corrected chi connectivity index (χ3v) is 6.32. The van der Waals surface area contributed by atoms with Gasteiger partial charge in [0.05, 0.1) is 13.5 Å². The molecule has 5 rings (SSSR count). The molecule has 1 amide bonds. The van der Waals surface area contributed by atoms with Crippen molar-refractivity contribution < 1.29 is 9.53 Å². The first-order valence-electron chi connectivity index (χ1n) is 11.2. The highest BCUT2D eigenvalue weighted by Gasteiger charge is 2.19. The van der Waals surface area contributed by atoms with Crippen molar-refractivity contribution in [3.63, 3.8) is 0 Å². The van der Waals surface area contributed by atoms with Gasteiger partial charge in [0.25, 0.3) is 0 Å². The maximum absolute atomic E-state index is 12.8. The fourth-order valence-electron chi connectivity index (χ4n) is 4.55. The summed E-state index contributed by atoms with van der Waals surface area (Å²) in [7, 11) is 1.62. The summed E-state index contributed by atoms with van der Waals surface area (Å²) in [6.07, 6.45) is 4.99. The van der Waals surface area contributed by atoms with Gasteiger partial charge >= 0.3 is 0 Å². The number of H-pyrrole nitrogens is 2. The lowest BCUT2D eigenvalue weighted by atomic mass is 10.0. The minimum absolute atomic E-state index is 0.0923. The van der Waals surface area contributed by atoms with E-state index in [4.69, 9.17) is 4.74 Å². The lowest BCUT2D eigenvalue weighted by Gasteiger charge is -2.08. The van der Waals surface area contributed by atoms with Gasteiger partial charge < -0.3 is 15.0 Å². The summed E-state index contributed by atoms with van der Waals surface area (Å²) in [6, 6.07) is 16.5. The highest BCUT2D eigenvalue weighted by molar-refractivity contribution is 5.92. The molecular weight excluding hydrogens is 416 g/mol. The molecule has 0 radical (unpaired) electrons. The monoisotopic (exact) mass is 442 g/mol. The summed E-state index contributed by atoms with van der Waals surface area (Å²) >= 11 is 0. The van der Waals surface area contributed by atoms with Crippen LogP contribution in [0, 0.1) is 0 Å². The van der Waals surface area contributed by atoms with Gasteiger partial charge in [-0.3, -0.25) is 14.7 Å². The van der Waals surface area contributed by atoms with Crippen molar-refractivity contribution in [3.8, 4) is 17.0 Å². The van der Waals surface area contributed by atoms with E-state index in [9.17, 15) is 9.59 Å². The number of hydrogen-bond acceptors (Lipinski definition) is 4. The lowest BCUT2D eigenvalue weighted by Crippen LogP contribution is -2.15. The third kappa shape index (κ3) is 4.53. The summed E-state index contributed by atoms with van der Waals surface area (Å²) < 4.78 is 5.20. The van der Waals surface area contributed by atoms with Crippen LogP contribution in [0.4, 0.5) is 5.82 Å². The Morgan fingerprint density at radius 3 is 2.64 bits per heavy atom. The van der Waals surface area contributed by atoms with Crippen LogP contribution in [0.2, 0.25) is 0 Å². The average molecular weight is 443 g/mol.